The Balaban J connectivity index is 2.39. The SMILES string of the molecule is CCOC(=O)Cc1nc2c(C(C)C)nc(Cl)cc2[nH]1. The summed E-state index contributed by atoms with van der Waals surface area (Å²) in [6.45, 7) is 6.19. The van der Waals surface area contributed by atoms with Gasteiger partial charge in [-0.3, -0.25) is 4.79 Å². The summed E-state index contributed by atoms with van der Waals surface area (Å²) >= 11 is 5.98. The van der Waals surface area contributed by atoms with Gasteiger partial charge < -0.3 is 9.72 Å². The fraction of sp³-hybridized carbons (Fsp3) is 0.462. The van der Waals surface area contributed by atoms with Crippen molar-refractivity contribution < 1.29 is 9.53 Å². The Morgan fingerprint density at radius 1 is 1.47 bits per heavy atom. The van der Waals surface area contributed by atoms with Gasteiger partial charge in [0.1, 0.15) is 22.9 Å². The molecule has 0 spiro atoms. The largest absolute Gasteiger partial charge is 0.466 e. The Hall–Kier alpha value is -1.62. The number of rotatable bonds is 4. The summed E-state index contributed by atoms with van der Waals surface area (Å²) in [7, 11) is 0. The molecule has 1 N–H and O–H groups in total. The van der Waals surface area contributed by atoms with E-state index >= 15 is 0 Å². The number of fused-ring (bicyclic) bond motifs is 1. The number of imidazole rings is 1. The lowest BCUT2D eigenvalue weighted by molar-refractivity contribution is -0.142. The van der Waals surface area contributed by atoms with Crippen LogP contribution in [-0.4, -0.2) is 27.5 Å². The van der Waals surface area contributed by atoms with E-state index in [4.69, 9.17) is 16.3 Å². The van der Waals surface area contributed by atoms with E-state index in [9.17, 15) is 4.79 Å². The number of carbonyl (C=O) groups is 1. The highest BCUT2D eigenvalue weighted by Crippen LogP contribution is 2.24. The minimum Gasteiger partial charge on any atom is -0.466 e. The van der Waals surface area contributed by atoms with Gasteiger partial charge in [0.05, 0.1) is 17.8 Å². The van der Waals surface area contributed by atoms with Gasteiger partial charge in [0.15, 0.2) is 0 Å². The van der Waals surface area contributed by atoms with E-state index in [0.717, 1.165) is 16.7 Å². The zero-order valence-electron chi connectivity index (χ0n) is 11.2. The lowest BCUT2D eigenvalue weighted by atomic mass is 10.1. The fourth-order valence-corrected chi connectivity index (χ4v) is 2.09. The highest BCUT2D eigenvalue weighted by atomic mass is 35.5. The number of hydrogen-bond acceptors (Lipinski definition) is 4. The molecular weight excluding hydrogens is 266 g/mol. The lowest BCUT2D eigenvalue weighted by Crippen LogP contribution is -2.08. The third-order valence-corrected chi connectivity index (χ3v) is 2.87. The van der Waals surface area contributed by atoms with Crippen molar-refractivity contribution in [3.63, 3.8) is 0 Å². The summed E-state index contributed by atoms with van der Waals surface area (Å²) in [5.74, 6) is 0.478. The molecule has 0 amide bonds. The second kappa shape index (κ2) is 5.57. The van der Waals surface area contributed by atoms with E-state index in [0.29, 0.717) is 17.6 Å². The van der Waals surface area contributed by atoms with Crippen LogP contribution >= 0.6 is 11.6 Å². The first-order valence-electron chi connectivity index (χ1n) is 6.22. The zero-order chi connectivity index (χ0) is 14.0. The molecule has 0 bridgehead atoms. The van der Waals surface area contributed by atoms with Gasteiger partial charge in [-0.2, -0.15) is 0 Å². The average molecular weight is 282 g/mol. The molecule has 0 aliphatic carbocycles. The van der Waals surface area contributed by atoms with Crippen LogP contribution in [0.5, 0.6) is 0 Å². The highest BCUT2D eigenvalue weighted by Gasteiger charge is 2.15. The van der Waals surface area contributed by atoms with Gasteiger partial charge in [-0.1, -0.05) is 25.4 Å². The van der Waals surface area contributed by atoms with Crippen molar-refractivity contribution >= 4 is 28.6 Å². The standard InChI is InChI=1S/C13H16ClN3O2/c1-4-19-11(18)6-10-15-8-5-9(14)16-12(7(2)3)13(8)17-10/h5,7H,4,6H2,1-3H3,(H,15,17). The van der Waals surface area contributed by atoms with E-state index in [1.807, 2.05) is 13.8 Å². The number of nitrogens with one attached hydrogen (secondary N) is 1. The summed E-state index contributed by atoms with van der Waals surface area (Å²) < 4.78 is 4.90. The molecule has 102 valence electrons. The number of aromatic nitrogens is 3. The quantitative estimate of drug-likeness (QED) is 0.691. The fourth-order valence-electron chi connectivity index (χ4n) is 1.89. The van der Waals surface area contributed by atoms with Crippen LogP contribution in [0.15, 0.2) is 6.07 Å². The van der Waals surface area contributed by atoms with Gasteiger partial charge in [-0.25, -0.2) is 9.97 Å². The number of hydrogen-bond donors (Lipinski definition) is 1. The van der Waals surface area contributed by atoms with Crippen molar-refractivity contribution in [2.45, 2.75) is 33.1 Å². The Kier molecular flexibility index (Phi) is 4.04. The summed E-state index contributed by atoms with van der Waals surface area (Å²) in [5, 5.41) is 0.419. The van der Waals surface area contributed by atoms with Crippen LogP contribution in [0, 0.1) is 0 Å². The Morgan fingerprint density at radius 3 is 2.84 bits per heavy atom. The van der Waals surface area contributed by atoms with Crippen LogP contribution in [0.1, 0.15) is 38.2 Å². The molecule has 0 saturated heterocycles. The summed E-state index contributed by atoms with van der Waals surface area (Å²) in [6, 6.07) is 1.71. The maximum Gasteiger partial charge on any atom is 0.313 e. The van der Waals surface area contributed by atoms with Crippen LogP contribution in [0.4, 0.5) is 0 Å². The first-order valence-corrected chi connectivity index (χ1v) is 6.59. The second-order valence-electron chi connectivity index (χ2n) is 4.55. The van der Waals surface area contributed by atoms with E-state index < -0.39 is 0 Å². The van der Waals surface area contributed by atoms with Crippen LogP contribution in [0.25, 0.3) is 11.0 Å². The van der Waals surface area contributed by atoms with Crippen molar-refractivity contribution in [3.05, 3.63) is 22.7 Å². The monoisotopic (exact) mass is 281 g/mol. The molecule has 5 nitrogen and oxygen atoms in total. The minimum absolute atomic E-state index is 0.123. The molecule has 0 saturated carbocycles. The van der Waals surface area contributed by atoms with Crippen molar-refractivity contribution in [2.24, 2.45) is 0 Å². The number of pyridine rings is 1. The molecule has 2 aromatic heterocycles. The first-order chi connectivity index (χ1) is 9.01. The molecule has 0 unspecified atom stereocenters. The van der Waals surface area contributed by atoms with Crippen molar-refractivity contribution in [1.29, 1.82) is 0 Å². The molecule has 0 aliphatic heterocycles. The predicted octanol–water partition coefficient (Wildman–Crippen LogP) is 2.84. The number of esters is 1. The van der Waals surface area contributed by atoms with Crippen molar-refractivity contribution in [3.8, 4) is 0 Å². The van der Waals surface area contributed by atoms with E-state index in [1.54, 1.807) is 13.0 Å². The Bertz CT molecular complexity index is 607. The molecule has 6 heteroatoms. The summed E-state index contributed by atoms with van der Waals surface area (Å²) in [4.78, 5) is 23.3. The molecule has 0 aromatic carbocycles. The Morgan fingerprint density at radius 2 is 2.21 bits per heavy atom. The second-order valence-corrected chi connectivity index (χ2v) is 4.93. The van der Waals surface area contributed by atoms with Crippen molar-refractivity contribution in [2.75, 3.05) is 6.61 Å². The molecule has 0 atom stereocenters. The predicted molar refractivity (Wildman–Crippen MR) is 73.3 cm³/mol. The topological polar surface area (TPSA) is 67.9 Å². The average Bonchev–Trinajstić information content (AvgIpc) is 2.69. The Labute approximate surface area is 116 Å². The molecule has 2 rings (SSSR count). The minimum atomic E-state index is -0.299. The van der Waals surface area contributed by atoms with Gasteiger partial charge in [-0.15, -0.1) is 0 Å². The maximum absolute atomic E-state index is 11.5. The van der Waals surface area contributed by atoms with Gasteiger partial charge in [-0.05, 0) is 12.8 Å². The molecular formula is C13H16ClN3O2. The number of halogens is 1. The molecule has 0 fully saturated rings. The number of aromatic amines is 1. The van der Waals surface area contributed by atoms with Crippen LogP contribution < -0.4 is 0 Å². The van der Waals surface area contributed by atoms with E-state index in [-0.39, 0.29) is 18.3 Å². The third-order valence-electron chi connectivity index (χ3n) is 2.68. The normalized spacial score (nSPS) is 11.2. The number of carbonyl (C=O) groups excluding carboxylic acids is 1. The van der Waals surface area contributed by atoms with Gasteiger partial charge in [0.2, 0.25) is 0 Å². The summed E-state index contributed by atoms with van der Waals surface area (Å²) in [6.07, 6.45) is 0.123. The molecule has 2 aromatic rings. The summed E-state index contributed by atoms with van der Waals surface area (Å²) in [5.41, 5.74) is 2.38. The highest BCUT2D eigenvalue weighted by molar-refractivity contribution is 6.30. The van der Waals surface area contributed by atoms with Gasteiger partial charge in [0, 0.05) is 6.07 Å². The van der Waals surface area contributed by atoms with Gasteiger partial charge >= 0.3 is 5.97 Å². The van der Waals surface area contributed by atoms with Gasteiger partial charge in [0.25, 0.3) is 0 Å². The first kappa shape index (κ1) is 13.8. The lowest BCUT2D eigenvalue weighted by Gasteiger charge is -2.04. The number of ether oxygens (including phenoxy) is 1. The number of nitrogens with zero attached hydrogens (tertiary/aromatic N) is 2. The molecule has 19 heavy (non-hydrogen) atoms. The molecule has 2 heterocycles. The van der Waals surface area contributed by atoms with E-state index in [2.05, 4.69) is 15.0 Å². The third kappa shape index (κ3) is 3.04. The van der Waals surface area contributed by atoms with Crippen LogP contribution in [0.3, 0.4) is 0 Å². The molecule has 0 radical (unpaired) electrons. The zero-order valence-corrected chi connectivity index (χ0v) is 11.9. The van der Waals surface area contributed by atoms with Crippen LogP contribution in [-0.2, 0) is 16.0 Å². The van der Waals surface area contributed by atoms with E-state index in [1.165, 1.54) is 0 Å². The molecule has 0 aliphatic rings. The maximum atomic E-state index is 11.5. The number of H-pyrrole nitrogens is 1. The van der Waals surface area contributed by atoms with Crippen molar-refractivity contribution in [1.82, 2.24) is 15.0 Å². The smallest absolute Gasteiger partial charge is 0.313 e. The van der Waals surface area contributed by atoms with Crippen LogP contribution in [0.2, 0.25) is 5.15 Å².